The maximum atomic E-state index is 12.3. The molecule has 1 saturated heterocycles. The summed E-state index contributed by atoms with van der Waals surface area (Å²) in [4.78, 5) is 26.2. The van der Waals surface area contributed by atoms with Crippen LogP contribution < -0.4 is 10.9 Å². The molecule has 1 aliphatic rings. The summed E-state index contributed by atoms with van der Waals surface area (Å²) in [5.74, 6) is 0.639. The van der Waals surface area contributed by atoms with E-state index in [0.29, 0.717) is 12.1 Å². The fourth-order valence-corrected chi connectivity index (χ4v) is 3.19. The van der Waals surface area contributed by atoms with Gasteiger partial charge < -0.3 is 9.88 Å². The molecule has 2 heterocycles. The van der Waals surface area contributed by atoms with Gasteiger partial charge in [-0.05, 0) is 45.2 Å². The average Bonchev–Trinajstić information content (AvgIpc) is 2.55. The van der Waals surface area contributed by atoms with Crippen LogP contribution in [-0.4, -0.2) is 40.5 Å². The van der Waals surface area contributed by atoms with Crippen LogP contribution in [0.2, 0.25) is 0 Å². The van der Waals surface area contributed by atoms with Crippen molar-refractivity contribution < 1.29 is 4.79 Å². The number of amides is 1. The molecule has 0 aliphatic carbocycles. The second kappa shape index (κ2) is 7.30. The smallest absolute Gasteiger partial charge is 0.252 e. The second-order valence-corrected chi connectivity index (χ2v) is 7.22. The summed E-state index contributed by atoms with van der Waals surface area (Å²) in [5.41, 5.74) is 0.346. The number of carbonyl (C=O) groups is 1. The number of hydrogen-bond donors (Lipinski definition) is 1. The predicted octanol–water partition coefficient (Wildman–Crippen LogP) is 2.02. The Morgan fingerprint density at radius 2 is 2.13 bits per heavy atom. The van der Waals surface area contributed by atoms with Crippen molar-refractivity contribution in [3.63, 3.8) is 0 Å². The zero-order valence-corrected chi connectivity index (χ0v) is 14.8. The first-order valence-corrected chi connectivity index (χ1v) is 8.53. The summed E-state index contributed by atoms with van der Waals surface area (Å²) in [5, 5.41) is 3.02. The van der Waals surface area contributed by atoms with Crippen molar-refractivity contribution in [2.45, 2.75) is 45.6 Å². The maximum absolute atomic E-state index is 12.3. The molecule has 0 saturated carbocycles. The van der Waals surface area contributed by atoms with Gasteiger partial charge in [0.05, 0.1) is 5.56 Å². The summed E-state index contributed by atoms with van der Waals surface area (Å²) >= 11 is 0. The molecule has 1 aliphatic heterocycles. The van der Waals surface area contributed by atoms with E-state index in [1.807, 2.05) is 0 Å². The number of hydrogen-bond acceptors (Lipinski definition) is 3. The van der Waals surface area contributed by atoms with E-state index in [9.17, 15) is 9.59 Å². The Morgan fingerprint density at radius 1 is 1.39 bits per heavy atom. The lowest BCUT2D eigenvalue weighted by molar-refractivity contribution is 0.0612. The molecule has 0 aromatic carbocycles. The Kier molecular flexibility index (Phi) is 5.63. The van der Waals surface area contributed by atoms with Crippen molar-refractivity contribution in [1.29, 1.82) is 0 Å². The second-order valence-electron chi connectivity index (χ2n) is 7.22. The van der Waals surface area contributed by atoms with Gasteiger partial charge in [-0.3, -0.25) is 14.5 Å². The molecule has 23 heavy (non-hydrogen) atoms. The third-order valence-electron chi connectivity index (χ3n) is 4.98. The highest BCUT2D eigenvalue weighted by molar-refractivity contribution is 5.93. The molecule has 0 radical (unpaired) electrons. The van der Waals surface area contributed by atoms with Gasteiger partial charge in [0.2, 0.25) is 5.56 Å². The van der Waals surface area contributed by atoms with Crippen LogP contribution in [-0.2, 0) is 7.05 Å². The first-order valence-electron chi connectivity index (χ1n) is 8.53. The van der Waals surface area contributed by atoms with Crippen LogP contribution in [0.4, 0.5) is 0 Å². The molecule has 2 rings (SSSR count). The first-order chi connectivity index (χ1) is 10.8. The molecular formula is C18H29N3O2. The van der Waals surface area contributed by atoms with Gasteiger partial charge in [-0.1, -0.05) is 13.3 Å². The van der Waals surface area contributed by atoms with Crippen LogP contribution in [0, 0.1) is 5.92 Å². The monoisotopic (exact) mass is 319 g/mol. The summed E-state index contributed by atoms with van der Waals surface area (Å²) in [6, 6.07) is 3.01. The largest absolute Gasteiger partial charge is 0.350 e. The molecule has 1 atom stereocenters. The molecule has 1 amide bonds. The molecule has 1 aromatic heterocycles. The third-order valence-corrected chi connectivity index (χ3v) is 4.98. The van der Waals surface area contributed by atoms with Crippen LogP contribution in [0.1, 0.15) is 50.4 Å². The molecule has 5 heteroatoms. The molecule has 1 aromatic rings. The van der Waals surface area contributed by atoms with Gasteiger partial charge in [0.25, 0.3) is 5.91 Å². The van der Waals surface area contributed by atoms with Crippen LogP contribution in [0.15, 0.2) is 23.1 Å². The van der Waals surface area contributed by atoms with Gasteiger partial charge in [0.15, 0.2) is 0 Å². The summed E-state index contributed by atoms with van der Waals surface area (Å²) in [6.07, 6.45) is 5.35. The number of likely N-dealkylation sites (tertiary alicyclic amines) is 1. The van der Waals surface area contributed by atoms with Gasteiger partial charge in [-0.15, -0.1) is 0 Å². The van der Waals surface area contributed by atoms with Crippen LogP contribution in [0.25, 0.3) is 0 Å². The normalized spacial score (nSPS) is 19.6. The predicted molar refractivity (Wildman–Crippen MR) is 92.7 cm³/mol. The van der Waals surface area contributed by atoms with Gasteiger partial charge >= 0.3 is 0 Å². The van der Waals surface area contributed by atoms with Gasteiger partial charge in [0, 0.05) is 37.9 Å². The fourth-order valence-electron chi connectivity index (χ4n) is 3.19. The highest BCUT2D eigenvalue weighted by atomic mass is 16.2. The molecule has 0 unspecified atom stereocenters. The summed E-state index contributed by atoms with van der Waals surface area (Å²) < 4.78 is 1.43. The first kappa shape index (κ1) is 17.7. The lowest BCUT2D eigenvalue weighted by Gasteiger charge is -2.43. The van der Waals surface area contributed by atoms with Crippen LogP contribution in [0.5, 0.6) is 0 Å². The quantitative estimate of drug-likeness (QED) is 0.903. The highest BCUT2D eigenvalue weighted by Gasteiger charge is 2.31. The topological polar surface area (TPSA) is 54.3 Å². The van der Waals surface area contributed by atoms with Crippen molar-refractivity contribution in [1.82, 2.24) is 14.8 Å². The van der Waals surface area contributed by atoms with E-state index in [4.69, 9.17) is 0 Å². The van der Waals surface area contributed by atoms with E-state index in [0.717, 1.165) is 19.0 Å². The Morgan fingerprint density at radius 3 is 2.78 bits per heavy atom. The van der Waals surface area contributed by atoms with E-state index >= 15 is 0 Å². The summed E-state index contributed by atoms with van der Waals surface area (Å²) in [6.45, 7) is 9.43. The van der Waals surface area contributed by atoms with Crippen LogP contribution >= 0.6 is 0 Å². The number of rotatable bonds is 5. The minimum Gasteiger partial charge on any atom is -0.350 e. The summed E-state index contributed by atoms with van der Waals surface area (Å²) in [7, 11) is 1.65. The number of carbonyl (C=O) groups excluding carboxylic acids is 1. The van der Waals surface area contributed by atoms with Crippen molar-refractivity contribution in [3.05, 3.63) is 34.2 Å². The van der Waals surface area contributed by atoms with Gasteiger partial charge in [-0.25, -0.2) is 0 Å². The molecule has 0 spiro atoms. The van der Waals surface area contributed by atoms with Crippen molar-refractivity contribution in [2.75, 3.05) is 19.6 Å². The number of nitrogens with zero attached hydrogens (tertiary/aromatic N) is 2. The Balaban J connectivity index is 1.96. The molecule has 1 fully saturated rings. The minimum absolute atomic E-state index is 0.0653. The number of aryl methyl sites for hydroxylation is 1. The number of pyridine rings is 1. The molecule has 128 valence electrons. The lowest BCUT2D eigenvalue weighted by Crippen LogP contribution is -2.54. The van der Waals surface area contributed by atoms with E-state index in [2.05, 4.69) is 31.0 Å². The molecular weight excluding hydrogens is 290 g/mol. The maximum Gasteiger partial charge on any atom is 0.252 e. The zero-order valence-electron chi connectivity index (χ0n) is 14.8. The van der Waals surface area contributed by atoms with Crippen molar-refractivity contribution in [3.8, 4) is 0 Å². The SMILES string of the molecule is CC[C@@H]1CCCN(C(C)(C)CNC(=O)c2ccc(=O)n(C)c2)C1. The van der Waals surface area contributed by atoms with Gasteiger partial charge in [0.1, 0.15) is 0 Å². The minimum atomic E-state index is -0.127. The third kappa shape index (κ3) is 4.44. The Labute approximate surface area is 138 Å². The van der Waals surface area contributed by atoms with E-state index in [1.54, 1.807) is 19.3 Å². The Hall–Kier alpha value is -1.62. The van der Waals surface area contributed by atoms with E-state index in [1.165, 1.54) is 29.9 Å². The molecule has 5 nitrogen and oxygen atoms in total. The van der Waals surface area contributed by atoms with Crippen molar-refractivity contribution in [2.24, 2.45) is 13.0 Å². The number of nitrogens with one attached hydrogen (secondary N) is 1. The standard InChI is InChI=1S/C18H29N3O2/c1-5-14-7-6-10-21(11-14)18(2,3)13-19-17(23)15-8-9-16(22)20(4)12-15/h8-9,12,14H,5-7,10-11,13H2,1-4H3,(H,19,23)/t14-/m1/s1. The zero-order chi connectivity index (χ0) is 17.0. The molecule has 0 bridgehead atoms. The molecule has 1 N–H and O–H groups in total. The van der Waals surface area contributed by atoms with Crippen molar-refractivity contribution >= 4 is 5.91 Å². The van der Waals surface area contributed by atoms with E-state index < -0.39 is 0 Å². The average molecular weight is 319 g/mol. The Bertz CT molecular complexity index is 607. The fraction of sp³-hybridized carbons (Fsp3) is 0.667. The van der Waals surface area contributed by atoms with Crippen LogP contribution in [0.3, 0.4) is 0 Å². The highest BCUT2D eigenvalue weighted by Crippen LogP contribution is 2.25. The number of piperidine rings is 1. The number of aromatic nitrogens is 1. The lowest BCUT2D eigenvalue weighted by atomic mass is 9.91. The van der Waals surface area contributed by atoms with E-state index in [-0.39, 0.29) is 17.0 Å². The van der Waals surface area contributed by atoms with Gasteiger partial charge in [-0.2, -0.15) is 0 Å².